The molecular weight excluding hydrogens is 352 g/mol. The van der Waals surface area contributed by atoms with Gasteiger partial charge in [-0.3, -0.25) is 0 Å². The molecule has 4 nitrogen and oxygen atoms in total. The predicted octanol–water partition coefficient (Wildman–Crippen LogP) is 6.16. The zero-order chi connectivity index (χ0) is 21.5. The molecule has 2 aliphatic carbocycles. The molecule has 156 valence electrons. The summed E-state index contributed by atoms with van der Waals surface area (Å²) in [6, 6.07) is 0. The van der Waals surface area contributed by atoms with Crippen LogP contribution in [0.4, 0.5) is 0 Å². The minimum Gasteiger partial charge on any atom is -0.478 e. The van der Waals surface area contributed by atoms with Gasteiger partial charge in [-0.05, 0) is 62.4 Å². The summed E-state index contributed by atoms with van der Waals surface area (Å²) in [6.45, 7) is 12.9. The fourth-order valence-electron chi connectivity index (χ4n) is 4.33. The lowest BCUT2D eigenvalue weighted by Gasteiger charge is -2.36. The molecule has 0 heterocycles. The number of hydrogen-bond donors (Lipinski definition) is 2. The predicted molar refractivity (Wildman–Crippen MR) is 114 cm³/mol. The van der Waals surface area contributed by atoms with Crippen molar-refractivity contribution in [2.45, 2.75) is 73.6 Å². The minimum absolute atomic E-state index is 0.133. The molecule has 4 heteroatoms. The van der Waals surface area contributed by atoms with Crippen molar-refractivity contribution in [1.82, 2.24) is 0 Å². The molecule has 2 N–H and O–H groups in total. The second kappa shape index (κ2) is 9.90. The fourth-order valence-corrected chi connectivity index (χ4v) is 4.33. The Morgan fingerprint density at radius 1 is 1.04 bits per heavy atom. The van der Waals surface area contributed by atoms with Gasteiger partial charge < -0.3 is 10.2 Å². The van der Waals surface area contributed by atoms with Crippen LogP contribution in [0.2, 0.25) is 0 Å². The maximum absolute atomic E-state index is 10.5. The van der Waals surface area contributed by atoms with Gasteiger partial charge in [0.2, 0.25) is 0 Å². The molecule has 28 heavy (non-hydrogen) atoms. The van der Waals surface area contributed by atoms with Gasteiger partial charge in [-0.25, -0.2) is 9.59 Å². The first-order chi connectivity index (χ1) is 12.9. The molecule has 0 amide bonds. The van der Waals surface area contributed by atoms with E-state index in [1.54, 1.807) is 6.08 Å². The lowest BCUT2D eigenvalue weighted by atomic mass is 9.68. The van der Waals surface area contributed by atoms with E-state index >= 15 is 0 Å². The van der Waals surface area contributed by atoms with Crippen molar-refractivity contribution in [1.29, 1.82) is 0 Å². The van der Waals surface area contributed by atoms with Crippen LogP contribution in [0.15, 0.2) is 47.1 Å². The van der Waals surface area contributed by atoms with Gasteiger partial charge in [-0.1, -0.05) is 57.1 Å². The first kappa shape index (κ1) is 23.9. The molecule has 2 aliphatic rings. The molecule has 0 radical (unpaired) electrons. The van der Waals surface area contributed by atoms with Crippen molar-refractivity contribution < 1.29 is 19.8 Å². The van der Waals surface area contributed by atoms with Gasteiger partial charge in [0.1, 0.15) is 0 Å². The molecule has 0 spiro atoms. The van der Waals surface area contributed by atoms with Gasteiger partial charge in [0.25, 0.3) is 0 Å². The number of carbonyl (C=O) groups is 2. The van der Waals surface area contributed by atoms with E-state index in [0.717, 1.165) is 25.7 Å². The summed E-state index contributed by atoms with van der Waals surface area (Å²) in [5.41, 5.74) is 4.14. The van der Waals surface area contributed by atoms with Gasteiger partial charge in [0.05, 0.1) is 0 Å². The molecule has 0 aliphatic heterocycles. The maximum atomic E-state index is 10.5. The van der Waals surface area contributed by atoms with E-state index in [0.29, 0.717) is 0 Å². The lowest BCUT2D eigenvalue weighted by Crippen LogP contribution is -2.26. The lowest BCUT2D eigenvalue weighted by molar-refractivity contribution is -0.132. The third kappa shape index (κ3) is 7.14. The minimum atomic E-state index is -0.869. The summed E-state index contributed by atoms with van der Waals surface area (Å²) in [7, 11) is 0. The van der Waals surface area contributed by atoms with Crippen LogP contribution in [0, 0.1) is 16.7 Å². The van der Waals surface area contributed by atoms with E-state index in [1.807, 2.05) is 6.08 Å². The summed E-state index contributed by atoms with van der Waals surface area (Å²) in [4.78, 5) is 20.9. The van der Waals surface area contributed by atoms with Gasteiger partial charge in [0.15, 0.2) is 0 Å². The van der Waals surface area contributed by atoms with Crippen LogP contribution in [0.5, 0.6) is 0 Å². The fraction of sp³-hybridized carbons (Fsp3) is 0.583. The van der Waals surface area contributed by atoms with Crippen LogP contribution in [-0.2, 0) is 9.59 Å². The monoisotopic (exact) mass is 388 g/mol. The van der Waals surface area contributed by atoms with Crippen molar-refractivity contribution >= 4 is 11.9 Å². The SMILES string of the molecule is CC1=C(/C=C/C(=O)O)C(C)(C)CCC1.CC1=CCCC(C)(C)C1/C=C/C(=O)O. The summed E-state index contributed by atoms with van der Waals surface area (Å²) in [5, 5.41) is 17.2. The zero-order valence-electron chi connectivity index (χ0n) is 18.2. The van der Waals surface area contributed by atoms with Gasteiger partial charge in [-0.15, -0.1) is 0 Å². The van der Waals surface area contributed by atoms with Crippen molar-refractivity contribution in [2.75, 3.05) is 0 Å². The van der Waals surface area contributed by atoms with Crippen LogP contribution >= 0.6 is 0 Å². The van der Waals surface area contributed by atoms with E-state index in [1.165, 1.54) is 35.3 Å². The standard InChI is InChI=1S/2C12H18O2/c2*1-9-5-4-8-12(2,3)10(9)6-7-11(13)14/h6-7H,4-5,8H2,1-3H3,(H,13,14);5-7,10H,4,8H2,1-3H3,(H,13,14)/b2*7-6+. The Morgan fingerprint density at radius 2 is 1.64 bits per heavy atom. The summed E-state index contributed by atoms with van der Waals surface area (Å²) in [5.74, 6) is -1.46. The van der Waals surface area contributed by atoms with E-state index in [4.69, 9.17) is 10.2 Å². The highest BCUT2D eigenvalue weighted by atomic mass is 16.4. The molecule has 0 bridgehead atoms. The zero-order valence-corrected chi connectivity index (χ0v) is 18.2. The van der Waals surface area contributed by atoms with Crippen LogP contribution in [0.25, 0.3) is 0 Å². The normalized spacial score (nSPS) is 23.9. The average Bonchev–Trinajstić information content (AvgIpc) is 2.52. The van der Waals surface area contributed by atoms with Gasteiger partial charge >= 0.3 is 11.9 Å². The first-order valence-corrected chi connectivity index (χ1v) is 10.1. The average molecular weight is 389 g/mol. The Kier molecular flexibility index (Phi) is 8.47. The molecule has 1 unspecified atom stereocenters. The van der Waals surface area contributed by atoms with E-state index in [-0.39, 0.29) is 16.7 Å². The first-order valence-electron chi connectivity index (χ1n) is 10.1. The van der Waals surface area contributed by atoms with E-state index in [2.05, 4.69) is 47.6 Å². The van der Waals surface area contributed by atoms with Crippen molar-refractivity contribution in [3.63, 3.8) is 0 Å². The smallest absolute Gasteiger partial charge is 0.328 e. The number of allylic oxidation sites excluding steroid dienone is 6. The third-order valence-electron chi connectivity index (χ3n) is 5.95. The van der Waals surface area contributed by atoms with Gasteiger partial charge in [-0.2, -0.15) is 0 Å². The van der Waals surface area contributed by atoms with Gasteiger partial charge in [0, 0.05) is 18.1 Å². The molecule has 0 aromatic rings. The van der Waals surface area contributed by atoms with Crippen molar-refractivity contribution in [2.24, 2.45) is 16.7 Å². The molecule has 0 aromatic carbocycles. The van der Waals surface area contributed by atoms with Crippen molar-refractivity contribution in [3.05, 3.63) is 47.1 Å². The molecular formula is C24H36O4. The number of hydrogen-bond acceptors (Lipinski definition) is 2. The van der Waals surface area contributed by atoms with Crippen LogP contribution in [0.1, 0.15) is 73.6 Å². The third-order valence-corrected chi connectivity index (χ3v) is 5.95. The Balaban J connectivity index is 0.000000280. The molecule has 0 saturated carbocycles. The number of carboxylic acids is 2. The van der Waals surface area contributed by atoms with Crippen LogP contribution in [0.3, 0.4) is 0 Å². The van der Waals surface area contributed by atoms with E-state index in [9.17, 15) is 9.59 Å². The Morgan fingerprint density at radius 3 is 2.14 bits per heavy atom. The molecule has 2 rings (SSSR count). The Labute approximate surface area is 169 Å². The molecule has 0 aromatic heterocycles. The number of rotatable bonds is 4. The summed E-state index contributed by atoms with van der Waals surface area (Å²) >= 11 is 0. The van der Waals surface area contributed by atoms with Crippen LogP contribution in [-0.4, -0.2) is 22.2 Å². The summed E-state index contributed by atoms with van der Waals surface area (Å²) < 4.78 is 0. The van der Waals surface area contributed by atoms with Crippen LogP contribution < -0.4 is 0 Å². The quantitative estimate of drug-likeness (QED) is 0.446. The van der Waals surface area contributed by atoms with E-state index < -0.39 is 11.9 Å². The Bertz CT molecular complexity index is 702. The van der Waals surface area contributed by atoms with Crippen molar-refractivity contribution in [3.8, 4) is 0 Å². The maximum Gasteiger partial charge on any atom is 0.328 e. The second-order valence-corrected chi connectivity index (χ2v) is 9.25. The molecule has 0 fully saturated rings. The second-order valence-electron chi connectivity index (χ2n) is 9.25. The Hall–Kier alpha value is -2.10. The summed E-state index contributed by atoms with van der Waals surface area (Å²) in [6.07, 6.45) is 14.0. The number of aliphatic carboxylic acids is 2. The topological polar surface area (TPSA) is 74.6 Å². The molecule has 1 atom stereocenters. The highest BCUT2D eigenvalue weighted by Crippen LogP contribution is 2.42. The highest BCUT2D eigenvalue weighted by molar-refractivity contribution is 5.80. The number of carboxylic acid groups (broad SMARTS) is 2. The molecule has 0 saturated heterocycles. The highest BCUT2D eigenvalue weighted by Gasteiger charge is 2.30. The largest absolute Gasteiger partial charge is 0.478 e.